The molecular weight excluding hydrogens is 669 g/mol. The molecule has 2 amide bonds. The van der Waals surface area contributed by atoms with E-state index in [9.17, 15) is 32.7 Å². The third-order valence-electron chi connectivity index (χ3n) is 10.1. The number of amides is 2. The average Bonchev–Trinajstić information content (AvgIpc) is 3.66. The van der Waals surface area contributed by atoms with Gasteiger partial charge in [0.25, 0.3) is 0 Å². The third kappa shape index (κ3) is 9.21. The van der Waals surface area contributed by atoms with Crippen molar-refractivity contribution >= 4 is 17.8 Å². The van der Waals surface area contributed by atoms with Crippen molar-refractivity contribution in [1.29, 1.82) is 0 Å². The summed E-state index contributed by atoms with van der Waals surface area (Å²) in [5.41, 5.74) is 4.33. The lowest BCUT2D eigenvalue weighted by Crippen LogP contribution is -2.51. The summed E-state index contributed by atoms with van der Waals surface area (Å²) in [6.07, 6.45) is 1.73. The number of carboxylic acids is 1. The van der Waals surface area contributed by atoms with Gasteiger partial charge in [0.1, 0.15) is 17.8 Å². The van der Waals surface area contributed by atoms with Crippen LogP contribution in [0.5, 0.6) is 5.75 Å². The molecule has 1 unspecified atom stereocenters. The van der Waals surface area contributed by atoms with Crippen LogP contribution in [0.1, 0.15) is 72.4 Å². The molecule has 1 heterocycles. The molecule has 2 N–H and O–H groups in total. The number of carbonyl (C=O) groups is 3. The van der Waals surface area contributed by atoms with Gasteiger partial charge in [-0.15, -0.1) is 0 Å². The normalized spacial score (nSPS) is 16.6. The minimum Gasteiger partial charge on any atom is -0.494 e. The van der Waals surface area contributed by atoms with Gasteiger partial charge in [-0.05, 0) is 95.7 Å². The first-order valence-electron chi connectivity index (χ1n) is 17.9. The lowest BCUT2D eigenvalue weighted by atomic mass is 9.90. The van der Waals surface area contributed by atoms with Crippen LogP contribution in [0.15, 0.2) is 97.1 Å². The Hall–Kier alpha value is -5.12. The number of hydrogen-bond acceptors (Lipinski definition) is 4. The number of aliphatic carboxylic acids is 1. The molecule has 2 atom stereocenters. The number of aryl methyl sites for hydroxylation is 1. The molecule has 1 aliphatic heterocycles. The lowest BCUT2D eigenvalue weighted by molar-refractivity contribution is -0.145. The summed E-state index contributed by atoms with van der Waals surface area (Å²) in [7, 11) is 0. The van der Waals surface area contributed by atoms with Crippen molar-refractivity contribution in [3.63, 3.8) is 0 Å². The molecular formula is C42H43F3N2O5. The molecule has 272 valence electrons. The van der Waals surface area contributed by atoms with Gasteiger partial charge >= 0.3 is 12.1 Å². The number of alkyl halides is 3. The number of benzene rings is 4. The van der Waals surface area contributed by atoms with Crippen LogP contribution in [-0.2, 0) is 39.8 Å². The standard InChI is InChI=1S/C42H43F3N2O5/c43-42(44,45)34-19-14-28(15-20-34)9-6-24-52-35-21-18-33-22-23-47(38(48)26-29-7-4-5-8-29)39(36(33)27-35)40(49)46-37(41(50)51)25-30-12-16-32(17-13-30)31-10-2-1-3-11-31/h1-3,10-21,27,29,37,39H,4-9,22-26H2,(H,46,49)(H,50,51)/t37-,39?/m0/s1. The summed E-state index contributed by atoms with van der Waals surface area (Å²) in [5, 5.41) is 13.0. The van der Waals surface area contributed by atoms with E-state index in [-0.39, 0.29) is 24.9 Å². The Kier molecular flexibility index (Phi) is 11.6. The zero-order chi connectivity index (χ0) is 36.7. The number of halogens is 3. The molecule has 6 rings (SSSR count). The second-order valence-corrected chi connectivity index (χ2v) is 13.8. The van der Waals surface area contributed by atoms with Crippen LogP contribution in [0, 0.1) is 5.92 Å². The van der Waals surface area contributed by atoms with Crippen molar-refractivity contribution in [3.8, 4) is 16.9 Å². The molecule has 0 aromatic heterocycles. The highest BCUT2D eigenvalue weighted by atomic mass is 19.4. The quantitative estimate of drug-likeness (QED) is 0.136. The largest absolute Gasteiger partial charge is 0.494 e. The second-order valence-electron chi connectivity index (χ2n) is 13.8. The highest BCUT2D eigenvalue weighted by Gasteiger charge is 2.38. The SMILES string of the molecule is O=C(N[C@@H](Cc1ccc(-c2ccccc2)cc1)C(=O)O)C1c2cc(OCCCc3ccc(C(F)(F)F)cc3)ccc2CCN1C(=O)CC1CCCC1. The van der Waals surface area contributed by atoms with Crippen molar-refractivity contribution in [3.05, 3.63) is 125 Å². The summed E-state index contributed by atoms with van der Waals surface area (Å²) in [5.74, 6) is -1.10. The molecule has 4 aromatic rings. The van der Waals surface area contributed by atoms with Gasteiger partial charge in [0.05, 0.1) is 12.2 Å². The molecule has 52 heavy (non-hydrogen) atoms. The van der Waals surface area contributed by atoms with Crippen LogP contribution >= 0.6 is 0 Å². The van der Waals surface area contributed by atoms with E-state index in [0.29, 0.717) is 43.5 Å². The minimum absolute atomic E-state index is 0.0633. The maximum Gasteiger partial charge on any atom is 0.416 e. The van der Waals surface area contributed by atoms with Crippen LogP contribution in [-0.4, -0.2) is 47.0 Å². The Morgan fingerprint density at radius 3 is 2.21 bits per heavy atom. The second kappa shape index (κ2) is 16.5. The number of carbonyl (C=O) groups excluding carboxylic acids is 2. The van der Waals surface area contributed by atoms with Gasteiger partial charge in [0.2, 0.25) is 11.8 Å². The van der Waals surface area contributed by atoms with Gasteiger partial charge in [0, 0.05) is 19.4 Å². The van der Waals surface area contributed by atoms with Gasteiger partial charge in [-0.25, -0.2) is 4.79 Å². The van der Waals surface area contributed by atoms with Crippen LogP contribution in [0.4, 0.5) is 13.2 Å². The highest BCUT2D eigenvalue weighted by molar-refractivity contribution is 5.92. The fourth-order valence-corrected chi connectivity index (χ4v) is 7.29. The van der Waals surface area contributed by atoms with Crippen LogP contribution in [0.3, 0.4) is 0 Å². The van der Waals surface area contributed by atoms with E-state index >= 15 is 0 Å². The van der Waals surface area contributed by atoms with Crippen LogP contribution in [0.2, 0.25) is 0 Å². The van der Waals surface area contributed by atoms with Gasteiger partial charge in [0.15, 0.2) is 0 Å². The van der Waals surface area contributed by atoms with Crippen molar-refractivity contribution < 1.29 is 37.4 Å². The van der Waals surface area contributed by atoms with E-state index in [1.165, 1.54) is 12.1 Å². The maximum absolute atomic E-state index is 14.2. The van der Waals surface area contributed by atoms with E-state index < -0.39 is 35.7 Å². The molecule has 10 heteroatoms. The van der Waals surface area contributed by atoms with Crippen molar-refractivity contribution in [2.45, 2.75) is 76.0 Å². The number of rotatable bonds is 13. The molecule has 0 bridgehead atoms. The van der Waals surface area contributed by atoms with E-state index in [1.807, 2.05) is 60.7 Å². The Morgan fingerprint density at radius 1 is 0.865 bits per heavy atom. The fraction of sp³-hybridized carbons (Fsp3) is 0.357. The van der Waals surface area contributed by atoms with Gasteiger partial charge in [-0.3, -0.25) is 9.59 Å². The fourth-order valence-electron chi connectivity index (χ4n) is 7.29. The Labute approximate surface area is 301 Å². The lowest BCUT2D eigenvalue weighted by Gasteiger charge is -2.37. The van der Waals surface area contributed by atoms with Crippen LogP contribution < -0.4 is 10.1 Å². The molecule has 1 aliphatic carbocycles. The average molecular weight is 713 g/mol. The van der Waals surface area contributed by atoms with Crippen molar-refractivity contribution in [2.75, 3.05) is 13.2 Å². The first kappa shape index (κ1) is 36.7. The summed E-state index contributed by atoms with van der Waals surface area (Å²) in [6, 6.07) is 25.7. The first-order chi connectivity index (χ1) is 25.0. The van der Waals surface area contributed by atoms with Gasteiger partial charge < -0.3 is 20.1 Å². The van der Waals surface area contributed by atoms with Crippen molar-refractivity contribution in [1.82, 2.24) is 10.2 Å². The van der Waals surface area contributed by atoms with E-state index in [4.69, 9.17) is 4.74 Å². The number of ether oxygens (including phenoxy) is 1. The minimum atomic E-state index is -4.39. The number of fused-ring (bicyclic) bond motifs is 1. The van der Waals surface area contributed by atoms with Gasteiger partial charge in [-0.2, -0.15) is 13.2 Å². The highest BCUT2D eigenvalue weighted by Crippen LogP contribution is 2.36. The first-order valence-corrected chi connectivity index (χ1v) is 17.9. The topological polar surface area (TPSA) is 95.9 Å². The Bertz CT molecular complexity index is 1840. The molecule has 0 saturated heterocycles. The Balaban J connectivity index is 1.17. The number of nitrogens with zero attached hydrogens (tertiary/aromatic N) is 1. The third-order valence-corrected chi connectivity index (χ3v) is 10.1. The predicted octanol–water partition coefficient (Wildman–Crippen LogP) is 8.20. The zero-order valence-electron chi connectivity index (χ0n) is 28.9. The molecule has 1 fully saturated rings. The van der Waals surface area contributed by atoms with E-state index in [2.05, 4.69) is 5.32 Å². The summed E-state index contributed by atoms with van der Waals surface area (Å²) in [6.45, 7) is 0.619. The Morgan fingerprint density at radius 2 is 1.54 bits per heavy atom. The number of carboxylic acid groups (broad SMARTS) is 1. The summed E-state index contributed by atoms with van der Waals surface area (Å²) < 4.78 is 44.8. The smallest absolute Gasteiger partial charge is 0.416 e. The predicted molar refractivity (Wildman–Crippen MR) is 192 cm³/mol. The van der Waals surface area contributed by atoms with Crippen molar-refractivity contribution in [2.24, 2.45) is 5.92 Å². The van der Waals surface area contributed by atoms with E-state index in [0.717, 1.165) is 65.6 Å². The molecule has 7 nitrogen and oxygen atoms in total. The monoisotopic (exact) mass is 712 g/mol. The van der Waals surface area contributed by atoms with Crippen LogP contribution in [0.25, 0.3) is 11.1 Å². The summed E-state index contributed by atoms with van der Waals surface area (Å²) in [4.78, 5) is 42.1. The summed E-state index contributed by atoms with van der Waals surface area (Å²) >= 11 is 0. The molecule has 4 aromatic carbocycles. The molecule has 0 spiro atoms. The molecule has 2 aliphatic rings. The van der Waals surface area contributed by atoms with E-state index in [1.54, 1.807) is 17.0 Å². The molecule has 1 saturated carbocycles. The number of nitrogens with one attached hydrogen (secondary N) is 1. The molecule has 0 radical (unpaired) electrons. The van der Waals surface area contributed by atoms with Gasteiger partial charge in [-0.1, -0.05) is 85.6 Å². The maximum atomic E-state index is 14.2. The zero-order valence-corrected chi connectivity index (χ0v) is 28.9. The number of hydrogen-bond donors (Lipinski definition) is 2.